The molecule has 0 bridgehead atoms. The van der Waals surface area contributed by atoms with Crippen molar-refractivity contribution in [3.05, 3.63) is 32.7 Å². The first kappa shape index (κ1) is 13.5. The number of aromatic nitrogens is 1. The second-order valence-electron chi connectivity index (χ2n) is 4.11. The van der Waals surface area contributed by atoms with Crippen molar-refractivity contribution in [3.63, 3.8) is 0 Å². The van der Waals surface area contributed by atoms with Crippen LogP contribution in [0.3, 0.4) is 0 Å². The summed E-state index contributed by atoms with van der Waals surface area (Å²) in [7, 11) is 1.69. The summed E-state index contributed by atoms with van der Waals surface area (Å²) in [4.78, 5) is 4.56. The zero-order chi connectivity index (χ0) is 13.3. The maximum Gasteiger partial charge on any atom is 0.132 e. The lowest BCUT2D eigenvalue weighted by Gasteiger charge is -2.10. The number of hydrogen-bond donors (Lipinski definition) is 1. The van der Waals surface area contributed by atoms with Gasteiger partial charge in [0.05, 0.1) is 22.2 Å². The Morgan fingerprint density at radius 3 is 2.67 bits per heavy atom. The summed E-state index contributed by atoms with van der Waals surface area (Å²) >= 11 is 5.08. The maximum atomic E-state index is 5.66. The first-order valence-corrected chi connectivity index (χ1v) is 7.18. The number of aryl methyl sites for hydroxylation is 2. The van der Waals surface area contributed by atoms with E-state index in [4.69, 9.17) is 10.5 Å². The zero-order valence-corrected chi connectivity index (χ0v) is 13.0. The van der Waals surface area contributed by atoms with Crippen molar-refractivity contribution in [3.8, 4) is 16.3 Å². The van der Waals surface area contributed by atoms with Crippen LogP contribution in [0.2, 0.25) is 0 Å². The largest absolute Gasteiger partial charge is 0.496 e. The summed E-state index contributed by atoms with van der Waals surface area (Å²) in [5, 5.41) is 0.936. The summed E-state index contributed by atoms with van der Waals surface area (Å²) in [5.41, 5.74) is 9.89. The third-order valence-electron chi connectivity index (χ3n) is 2.70. The second kappa shape index (κ2) is 5.38. The minimum Gasteiger partial charge on any atom is -0.496 e. The van der Waals surface area contributed by atoms with Gasteiger partial charge in [-0.3, -0.25) is 0 Å². The van der Waals surface area contributed by atoms with Gasteiger partial charge in [-0.2, -0.15) is 0 Å². The van der Waals surface area contributed by atoms with E-state index >= 15 is 0 Å². The van der Waals surface area contributed by atoms with Crippen LogP contribution in [0.5, 0.6) is 5.75 Å². The Labute approximate surface area is 119 Å². The molecule has 2 rings (SSSR count). The number of halogens is 1. The quantitative estimate of drug-likeness (QED) is 0.936. The van der Waals surface area contributed by atoms with Gasteiger partial charge in [-0.05, 0) is 47.0 Å². The monoisotopic (exact) mass is 326 g/mol. The van der Waals surface area contributed by atoms with Crippen LogP contribution in [-0.4, -0.2) is 12.1 Å². The molecule has 1 heterocycles. The molecule has 0 spiro atoms. The van der Waals surface area contributed by atoms with E-state index in [0.717, 1.165) is 31.4 Å². The number of nitrogens with zero attached hydrogens (tertiary/aromatic N) is 1. The molecule has 0 aliphatic carbocycles. The molecule has 0 atom stereocenters. The topological polar surface area (TPSA) is 48.1 Å². The van der Waals surface area contributed by atoms with Crippen molar-refractivity contribution in [1.29, 1.82) is 0 Å². The molecule has 0 amide bonds. The minimum absolute atomic E-state index is 0.435. The lowest BCUT2D eigenvalue weighted by Crippen LogP contribution is -1.97. The van der Waals surface area contributed by atoms with Gasteiger partial charge in [-0.25, -0.2) is 4.98 Å². The predicted octanol–water partition coefficient (Wildman–Crippen LogP) is 3.66. The average Bonchev–Trinajstić information content (AvgIpc) is 2.69. The molecule has 5 heteroatoms. The molecule has 1 aromatic heterocycles. The first-order chi connectivity index (χ1) is 8.56. The Morgan fingerprint density at radius 2 is 2.11 bits per heavy atom. The molecular formula is C13H15BrN2OS. The summed E-state index contributed by atoms with van der Waals surface area (Å²) in [6, 6.07) is 4.20. The molecule has 0 saturated heterocycles. The number of nitrogens with two attached hydrogens (primary N) is 1. The highest BCUT2D eigenvalue weighted by Crippen LogP contribution is 2.38. The maximum absolute atomic E-state index is 5.66. The van der Waals surface area contributed by atoms with Crippen molar-refractivity contribution >= 4 is 27.3 Å². The summed E-state index contributed by atoms with van der Waals surface area (Å²) in [6.07, 6.45) is 0. The average molecular weight is 327 g/mol. The van der Waals surface area contributed by atoms with Crippen LogP contribution in [0.25, 0.3) is 10.6 Å². The SMILES string of the molecule is COc1c(C)cc(C)cc1-c1nc(CN)c(Br)s1. The molecule has 2 aromatic rings. The van der Waals surface area contributed by atoms with Crippen molar-refractivity contribution in [2.24, 2.45) is 5.73 Å². The van der Waals surface area contributed by atoms with E-state index in [2.05, 4.69) is 40.0 Å². The van der Waals surface area contributed by atoms with Crippen molar-refractivity contribution < 1.29 is 4.74 Å². The fourth-order valence-corrected chi connectivity index (χ4v) is 3.50. The third kappa shape index (κ3) is 2.43. The number of rotatable bonds is 3. The molecule has 0 radical (unpaired) electrons. The summed E-state index contributed by atoms with van der Waals surface area (Å²) in [6.45, 7) is 4.55. The van der Waals surface area contributed by atoms with Gasteiger partial charge >= 0.3 is 0 Å². The van der Waals surface area contributed by atoms with Crippen LogP contribution in [0.1, 0.15) is 16.8 Å². The van der Waals surface area contributed by atoms with Gasteiger partial charge in [0.2, 0.25) is 0 Å². The molecule has 18 heavy (non-hydrogen) atoms. The van der Waals surface area contributed by atoms with Gasteiger partial charge in [-0.1, -0.05) is 6.07 Å². The number of hydrogen-bond acceptors (Lipinski definition) is 4. The molecule has 0 aliphatic heterocycles. The number of methoxy groups -OCH3 is 1. The first-order valence-electron chi connectivity index (χ1n) is 5.57. The van der Waals surface area contributed by atoms with E-state index in [0.29, 0.717) is 6.54 Å². The highest BCUT2D eigenvalue weighted by atomic mass is 79.9. The van der Waals surface area contributed by atoms with E-state index in [1.165, 1.54) is 5.56 Å². The Bertz CT molecular complexity index is 581. The van der Waals surface area contributed by atoms with Gasteiger partial charge in [-0.15, -0.1) is 11.3 Å². The van der Waals surface area contributed by atoms with Gasteiger partial charge in [0, 0.05) is 6.54 Å². The fourth-order valence-electron chi connectivity index (χ4n) is 1.96. The van der Waals surface area contributed by atoms with Crippen LogP contribution in [0, 0.1) is 13.8 Å². The van der Waals surface area contributed by atoms with E-state index in [1.54, 1.807) is 18.4 Å². The van der Waals surface area contributed by atoms with E-state index in [-0.39, 0.29) is 0 Å². The predicted molar refractivity (Wildman–Crippen MR) is 79.2 cm³/mol. The standard InChI is InChI=1S/C13H15BrN2OS/c1-7-4-8(2)11(17-3)9(5-7)13-16-10(6-15)12(14)18-13/h4-5H,6,15H2,1-3H3. The molecule has 2 N–H and O–H groups in total. The van der Waals surface area contributed by atoms with E-state index in [9.17, 15) is 0 Å². The molecule has 1 aromatic carbocycles. The highest BCUT2D eigenvalue weighted by molar-refractivity contribution is 9.11. The highest BCUT2D eigenvalue weighted by Gasteiger charge is 2.15. The van der Waals surface area contributed by atoms with Crippen LogP contribution >= 0.6 is 27.3 Å². The molecule has 0 aliphatic rings. The van der Waals surface area contributed by atoms with Crippen LogP contribution in [0.15, 0.2) is 15.9 Å². The Hall–Kier alpha value is -0.910. The van der Waals surface area contributed by atoms with E-state index in [1.807, 2.05) is 6.92 Å². The molecule has 0 unspecified atom stereocenters. The zero-order valence-electron chi connectivity index (χ0n) is 10.6. The number of benzene rings is 1. The van der Waals surface area contributed by atoms with Gasteiger partial charge in [0.25, 0.3) is 0 Å². The van der Waals surface area contributed by atoms with Crippen molar-refractivity contribution in [1.82, 2.24) is 4.98 Å². The van der Waals surface area contributed by atoms with Crippen molar-refractivity contribution in [2.45, 2.75) is 20.4 Å². The Morgan fingerprint density at radius 1 is 1.39 bits per heavy atom. The number of ether oxygens (including phenoxy) is 1. The second-order valence-corrected chi connectivity index (χ2v) is 6.42. The smallest absolute Gasteiger partial charge is 0.132 e. The fraction of sp³-hybridized carbons (Fsp3) is 0.308. The lowest BCUT2D eigenvalue weighted by atomic mass is 10.1. The third-order valence-corrected chi connectivity index (χ3v) is 4.56. The molecule has 0 fully saturated rings. The Kier molecular flexibility index (Phi) is 4.04. The Balaban J connectivity index is 2.61. The summed E-state index contributed by atoms with van der Waals surface area (Å²) in [5.74, 6) is 0.880. The van der Waals surface area contributed by atoms with Crippen LogP contribution in [-0.2, 0) is 6.54 Å². The molecular weight excluding hydrogens is 312 g/mol. The lowest BCUT2D eigenvalue weighted by molar-refractivity contribution is 0.413. The molecule has 0 saturated carbocycles. The van der Waals surface area contributed by atoms with Crippen LogP contribution in [0.4, 0.5) is 0 Å². The van der Waals surface area contributed by atoms with Crippen LogP contribution < -0.4 is 10.5 Å². The minimum atomic E-state index is 0.435. The molecule has 3 nitrogen and oxygen atoms in total. The van der Waals surface area contributed by atoms with Gasteiger partial charge < -0.3 is 10.5 Å². The normalized spacial score (nSPS) is 10.7. The summed E-state index contributed by atoms with van der Waals surface area (Å²) < 4.78 is 6.48. The van der Waals surface area contributed by atoms with Gasteiger partial charge in [0.1, 0.15) is 10.8 Å². The van der Waals surface area contributed by atoms with Crippen molar-refractivity contribution in [2.75, 3.05) is 7.11 Å². The number of thiazole rings is 1. The van der Waals surface area contributed by atoms with E-state index < -0.39 is 0 Å². The molecule has 96 valence electrons. The van der Waals surface area contributed by atoms with Gasteiger partial charge in [0.15, 0.2) is 0 Å².